The largest absolute Gasteiger partial charge is 0.394 e. The van der Waals surface area contributed by atoms with Gasteiger partial charge in [-0.3, -0.25) is 9.59 Å². The molecule has 0 aromatic heterocycles. The van der Waals surface area contributed by atoms with Crippen LogP contribution in [0.5, 0.6) is 0 Å². The molecule has 0 saturated carbocycles. The average molecular weight is 580 g/mol. The van der Waals surface area contributed by atoms with Crippen LogP contribution in [0.15, 0.2) is 60.7 Å². The van der Waals surface area contributed by atoms with Gasteiger partial charge < -0.3 is 25.1 Å². The SMILES string of the molecule is CCC(=O)c1ccccc1N1CCN(C(=O)c2cc(NC3CCN(c4ccccc4C#N)CC3)c(C)cc2C)C[C@@H]1CO. The van der Waals surface area contributed by atoms with E-state index in [4.69, 9.17) is 0 Å². The molecule has 0 spiro atoms. The molecule has 2 heterocycles. The van der Waals surface area contributed by atoms with E-state index < -0.39 is 0 Å². The molecule has 1 atom stereocenters. The number of aliphatic hydroxyl groups is 1. The second-order valence-corrected chi connectivity index (χ2v) is 11.6. The van der Waals surface area contributed by atoms with Crippen molar-refractivity contribution in [3.8, 4) is 6.07 Å². The summed E-state index contributed by atoms with van der Waals surface area (Å²) in [5, 5.41) is 23.5. The summed E-state index contributed by atoms with van der Waals surface area (Å²) >= 11 is 0. The number of aliphatic hydroxyl groups excluding tert-OH is 1. The van der Waals surface area contributed by atoms with Gasteiger partial charge in [0.15, 0.2) is 5.78 Å². The number of hydrogen-bond donors (Lipinski definition) is 2. The lowest BCUT2D eigenvalue weighted by atomic mass is 9.98. The van der Waals surface area contributed by atoms with Gasteiger partial charge in [0, 0.05) is 67.7 Å². The first-order valence-electron chi connectivity index (χ1n) is 15.2. The molecular weight excluding hydrogens is 538 g/mol. The fourth-order valence-corrected chi connectivity index (χ4v) is 6.40. The molecule has 2 fully saturated rings. The van der Waals surface area contributed by atoms with Crippen LogP contribution < -0.4 is 15.1 Å². The maximum absolute atomic E-state index is 13.9. The van der Waals surface area contributed by atoms with E-state index in [2.05, 4.69) is 34.2 Å². The number of carbonyl (C=O) groups excluding carboxylic acids is 2. The predicted molar refractivity (Wildman–Crippen MR) is 171 cm³/mol. The number of aryl methyl sites for hydroxylation is 2. The Kier molecular flexibility index (Phi) is 9.32. The Morgan fingerprint density at radius 3 is 2.33 bits per heavy atom. The van der Waals surface area contributed by atoms with E-state index in [9.17, 15) is 20.0 Å². The van der Waals surface area contributed by atoms with Gasteiger partial charge in [0.2, 0.25) is 0 Å². The van der Waals surface area contributed by atoms with Gasteiger partial charge in [-0.15, -0.1) is 0 Å². The van der Waals surface area contributed by atoms with Gasteiger partial charge in [0.1, 0.15) is 6.07 Å². The van der Waals surface area contributed by atoms with Crippen molar-refractivity contribution in [3.63, 3.8) is 0 Å². The maximum atomic E-state index is 13.9. The average Bonchev–Trinajstić information content (AvgIpc) is 3.05. The van der Waals surface area contributed by atoms with E-state index in [0.717, 1.165) is 54.1 Å². The second kappa shape index (κ2) is 13.3. The van der Waals surface area contributed by atoms with Gasteiger partial charge in [-0.05, 0) is 68.1 Å². The minimum absolute atomic E-state index is 0.0421. The first kappa shape index (κ1) is 30.1. The lowest BCUT2D eigenvalue weighted by Crippen LogP contribution is -2.56. The number of nitrogens with one attached hydrogen (secondary N) is 1. The first-order chi connectivity index (χ1) is 20.8. The van der Waals surface area contributed by atoms with Crippen molar-refractivity contribution >= 4 is 28.8 Å². The third kappa shape index (κ3) is 6.37. The molecule has 224 valence electrons. The van der Waals surface area contributed by atoms with E-state index >= 15 is 0 Å². The van der Waals surface area contributed by atoms with E-state index in [-0.39, 0.29) is 30.4 Å². The van der Waals surface area contributed by atoms with Gasteiger partial charge in [0.05, 0.1) is 23.9 Å². The lowest BCUT2D eigenvalue weighted by molar-refractivity contribution is 0.0697. The van der Waals surface area contributed by atoms with E-state index in [1.807, 2.05) is 73.3 Å². The normalized spacial score (nSPS) is 17.5. The molecule has 0 radical (unpaired) electrons. The molecule has 0 unspecified atom stereocenters. The van der Waals surface area contributed by atoms with E-state index in [0.29, 0.717) is 42.7 Å². The molecule has 3 aromatic carbocycles. The van der Waals surface area contributed by atoms with Crippen molar-refractivity contribution in [1.29, 1.82) is 5.26 Å². The van der Waals surface area contributed by atoms with E-state index in [1.54, 1.807) is 0 Å². The highest BCUT2D eigenvalue weighted by molar-refractivity contribution is 6.01. The Morgan fingerprint density at radius 2 is 1.63 bits per heavy atom. The summed E-state index contributed by atoms with van der Waals surface area (Å²) in [6.45, 7) is 8.90. The highest BCUT2D eigenvalue weighted by atomic mass is 16.3. The van der Waals surface area contributed by atoms with E-state index in [1.165, 1.54) is 0 Å². The number of para-hydroxylation sites is 2. The number of ketones is 1. The monoisotopic (exact) mass is 579 g/mol. The van der Waals surface area contributed by atoms with Crippen LogP contribution in [0, 0.1) is 25.2 Å². The molecule has 1 amide bonds. The van der Waals surface area contributed by atoms with Crippen LogP contribution in [-0.2, 0) is 0 Å². The number of piperidine rings is 1. The minimum Gasteiger partial charge on any atom is -0.394 e. The highest BCUT2D eigenvalue weighted by Gasteiger charge is 2.32. The van der Waals surface area contributed by atoms with Crippen LogP contribution >= 0.6 is 0 Å². The third-order valence-electron chi connectivity index (χ3n) is 8.84. The van der Waals surface area contributed by atoms with Crippen LogP contribution in [0.3, 0.4) is 0 Å². The standard InChI is InChI=1S/C35H41N5O3/c1-4-34(42)29-10-6-8-12-33(29)40-18-17-39(22-28(40)23-41)35(43)30-20-31(25(3)19-24(30)2)37-27-13-15-38(16-14-27)32-11-7-5-9-26(32)21-36/h5-12,19-20,27-28,37,41H,4,13-18,22-23H2,1-3H3/t28-/m1/s1. The number of benzene rings is 3. The van der Waals surface area contributed by atoms with Crippen LogP contribution in [0.2, 0.25) is 0 Å². The summed E-state index contributed by atoms with van der Waals surface area (Å²) in [6.07, 6.45) is 2.27. The summed E-state index contributed by atoms with van der Waals surface area (Å²) in [6, 6.07) is 21.6. The highest BCUT2D eigenvalue weighted by Crippen LogP contribution is 2.30. The number of piperazine rings is 1. The zero-order valence-corrected chi connectivity index (χ0v) is 25.3. The summed E-state index contributed by atoms with van der Waals surface area (Å²) in [5.41, 5.74) is 6.84. The van der Waals surface area contributed by atoms with Crippen molar-refractivity contribution < 1.29 is 14.7 Å². The fraction of sp³-hybridized carbons (Fsp3) is 0.400. The molecule has 43 heavy (non-hydrogen) atoms. The van der Waals surface area contributed by atoms with Crippen LogP contribution in [0.1, 0.15) is 63.6 Å². The predicted octanol–water partition coefficient (Wildman–Crippen LogP) is 5.17. The van der Waals surface area contributed by atoms with Gasteiger partial charge in [-0.2, -0.15) is 5.26 Å². The first-order valence-corrected chi connectivity index (χ1v) is 15.2. The molecule has 2 saturated heterocycles. The Balaban J connectivity index is 1.27. The summed E-state index contributed by atoms with van der Waals surface area (Å²) in [7, 11) is 0. The number of hydrogen-bond acceptors (Lipinski definition) is 7. The number of amides is 1. The third-order valence-corrected chi connectivity index (χ3v) is 8.84. The zero-order valence-electron chi connectivity index (χ0n) is 25.3. The Hall–Kier alpha value is -4.35. The second-order valence-electron chi connectivity index (χ2n) is 11.6. The summed E-state index contributed by atoms with van der Waals surface area (Å²) in [4.78, 5) is 32.7. The van der Waals surface area contributed by atoms with Crippen LogP contribution in [0.4, 0.5) is 17.1 Å². The Labute approximate surface area is 254 Å². The van der Waals surface area contributed by atoms with Gasteiger partial charge in [-0.25, -0.2) is 0 Å². The molecular formula is C35H41N5O3. The molecule has 3 aromatic rings. The quantitative estimate of drug-likeness (QED) is 0.355. The number of rotatable bonds is 8. The molecule has 0 aliphatic carbocycles. The fourth-order valence-electron chi connectivity index (χ4n) is 6.40. The molecule has 2 N–H and O–H groups in total. The topological polar surface area (TPSA) is 99.9 Å². The van der Waals surface area contributed by atoms with Crippen molar-refractivity contribution in [2.75, 3.05) is 54.4 Å². The van der Waals surface area contributed by atoms with Gasteiger partial charge in [-0.1, -0.05) is 37.3 Å². The lowest BCUT2D eigenvalue weighted by Gasteiger charge is -2.42. The van der Waals surface area contributed by atoms with Crippen molar-refractivity contribution in [2.45, 2.75) is 52.1 Å². The molecule has 2 aliphatic heterocycles. The molecule has 2 aliphatic rings. The zero-order chi connectivity index (χ0) is 30.5. The molecule has 5 rings (SSSR count). The molecule has 8 nitrogen and oxygen atoms in total. The number of nitriles is 1. The van der Waals surface area contributed by atoms with Crippen LogP contribution in [0.25, 0.3) is 0 Å². The van der Waals surface area contributed by atoms with Crippen LogP contribution in [-0.4, -0.2) is 73.1 Å². The molecule has 8 heteroatoms. The van der Waals surface area contributed by atoms with Gasteiger partial charge >= 0.3 is 0 Å². The maximum Gasteiger partial charge on any atom is 0.254 e. The number of Topliss-reactive ketones (excluding diaryl/α,β-unsaturated/α-hetero) is 1. The number of nitrogens with zero attached hydrogens (tertiary/aromatic N) is 4. The number of anilines is 3. The van der Waals surface area contributed by atoms with Crippen molar-refractivity contribution in [3.05, 3.63) is 88.5 Å². The van der Waals surface area contributed by atoms with Crippen molar-refractivity contribution in [2.24, 2.45) is 0 Å². The van der Waals surface area contributed by atoms with Gasteiger partial charge in [0.25, 0.3) is 5.91 Å². The minimum atomic E-state index is -0.303. The van der Waals surface area contributed by atoms with Crippen molar-refractivity contribution in [1.82, 2.24) is 4.90 Å². The Morgan fingerprint density at radius 1 is 0.930 bits per heavy atom. The Bertz CT molecular complexity index is 1520. The summed E-state index contributed by atoms with van der Waals surface area (Å²) in [5.74, 6) is 0.0262. The smallest absolute Gasteiger partial charge is 0.254 e. The summed E-state index contributed by atoms with van der Waals surface area (Å²) < 4.78 is 0. The molecule has 0 bridgehead atoms. The number of carbonyl (C=O) groups is 2.